The molecule has 2 aliphatic heterocycles. The number of nitrogens with one attached hydrogen (secondary N) is 1. The van der Waals surface area contributed by atoms with Crippen molar-refractivity contribution in [2.75, 3.05) is 4.90 Å². The van der Waals surface area contributed by atoms with E-state index in [-0.39, 0.29) is 23.7 Å². The summed E-state index contributed by atoms with van der Waals surface area (Å²) in [7, 11) is 0. The molecule has 3 unspecified atom stereocenters. The minimum atomic E-state index is -1.18. The van der Waals surface area contributed by atoms with Gasteiger partial charge in [0.25, 0.3) is 0 Å². The highest BCUT2D eigenvalue weighted by molar-refractivity contribution is 9.10. The van der Waals surface area contributed by atoms with Gasteiger partial charge in [0, 0.05) is 21.8 Å². The van der Waals surface area contributed by atoms with Crippen LogP contribution in [0.5, 0.6) is 0 Å². The van der Waals surface area contributed by atoms with Gasteiger partial charge in [-0.15, -0.1) is 0 Å². The molecule has 2 fully saturated rings. The number of ether oxygens (including phenoxy) is 1. The Morgan fingerprint density at radius 1 is 1.19 bits per heavy atom. The molecule has 8 heteroatoms. The van der Waals surface area contributed by atoms with Gasteiger partial charge in [0.05, 0.1) is 11.7 Å². The summed E-state index contributed by atoms with van der Waals surface area (Å²) in [5.74, 6) is -0.962. The van der Waals surface area contributed by atoms with Gasteiger partial charge in [-0.3, -0.25) is 9.59 Å². The molecule has 6 nitrogen and oxygen atoms in total. The lowest BCUT2D eigenvalue weighted by Crippen LogP contribution is -2.66. The van der Waals surface area contributed by atoms with E-state index in [9.17, 15) is 14.4 Å². The highest BCUT2D eigenvalue weighted by Crippen LogP contribution is 2.64. The Kier molecular flexibility index (Phi) is 6.03. The first-order valence-electron chi connectivity index (χ1n) is 12.4. The fourth-order valence-corrected chi connectivity index (χ4v) is 6.73. The van der Waals surface area contributed by atoms with E-state index in [0.717, 1.165) is 34.9 Å². The Labute approximate surface area is 224 Å². The molecule has 0 aromatic heterocycles. The maximum Gasteiger partial charge on any atom is 0.421 e. The standard InChI is InChI=1S/C28H30BrClN2O4/c1-5-27(11-12-27)23-28(20(15-22(33)31-23)16-7-6-8-18(30)13-16)19-10-9-17(29)14-21(19)32(24(28)34)25(35)36-26(2,3)4/h6-10,13-14,20,23H,5,11-12,15H2,1-4H3,(H,31,33). The number of amides is 3. The number of piperidine rings is 1. The zero-order valence-corrected chi connectivity index (χ0v) is 23.2. The average molecular weight is 574 g/mol. The normalized spacial score (nSPS) is 26.6. The van der Waals surface area contributed by atoms with E-state index in [4.69, 9.17) is 16.3 Å². The Hall–Kier alpha value is -2.38. The first-order chi connectivity index (χ1) is 16.9. The molecule has 36 heavy (non-hydrogen) atoms. The van der Waals surface area contributed by atoms with Crippen molar-refractivity contribution in [3.63, 3.8) is 0 Å². The summed E-state index contributed by atoms with van der Waals surface area (Å²) in [6.07, 6.45) is 2.02. The summed E-state index contributed by atoms with van der Waals surface area (Å²) < 4.78 is 6.45. The molecule has 0 radical (unpaired) electrons. The number of imide groups is 1. The lowest BCUT2D eigenvalue weighted by molar-refractivity contribution is -0.134. The van der Waals surface area contributed by atoms with Gasteiger partial charge >= 0.3 is 6.09 Å². The molecule has 1 spiro atoms. The lowest BCUT2D eigenvalue weighted by atomic mass is 9.57. The minimum Gasteiger partial charge on any atom is -0.443 e. The van der Waals surface area contributed by atoms with Crippen molar-refractivity contribution in [1.29, 1.82) is 0 Å². The third kappa shape index (κ3) is 3.86. The third-order valence-electron chi connectivity index (χ3n) is 7.94. The van der Waals surface area contributed by atoms with Crippen molar-refractivity contribution in [2.45, 2.75) is 76.4 Å². The highest BCUT2D eigenvalue weighted by atomic mass is 79.9. The topological polar surface area (TPSA) is 75.7 Å². The molecule has 0 bridgehead atoms. The first kappa shape index (κ1) is 25.3. The van der Waals surface area contributed by atoms with Crippen LogP contribution in [0.4, 0.5) is 10.5 Å². The minimum absolute atomic E-state index is 0.0995. The number of carbonyl (C=O) groups excluding carboxylic acids is 3. The number of benzene rings is 2. The SMILES string of the molecule is CCC1(C2NC(=O)CC(c3cccc(Cl)c3)C23C(=O)N(C(=O)OC(C)(C)C)c2cc(Br)ccc23)CC1. The van der Waals surface area contributed by atoms with Gasteiger partial charge < -0.3 is 10.1 Å². The van der Waals surface area contributed by atoms with Crippen LogP contribution >= 0.6 is 27.5 Å². The predicted molar refractivity (Wildman–Crippen MR) is 142 cm³/mol. The van der Waals surface area contributed by atoms with Crippen LogP contribution in [-0.4, -0.2) is 29.6 Å². The lowest BCUT2D eigenvalue weighted by Gasteiger charge is -2.49. The highest BCUT2D eigenvalue weighted by Gasteiger charge is 2.70. The van der Waals surface area contributed by atoms with Gasteiger partial charge in [0.1, 0.15) is 11.0 Å². The van der Waals surface area contributed by atoms with Crippen LogP contribution in [0, 0.1) is 5.41 Å². The van der Waals surface area contributed by atoms with Crippen molar-refractivity contribution in [2.24, 2.45) is 5.41 Å². The maximum atomic E-state index is 14.8. The second-order valence-electron chi connectivity index (χ2n) is 11.2. The van der Waals surface area contributed by atoms with Gasteiger partial charge in [0.2, 0.25) is 11.8 Å². The monoisotopic (exact) mass is 572 g/mol. The number of anilines is 1. The van der Waals surface area contributed by atoms with Gasteiger partial charge in [-0.1, -0.05) is 52.7 Å². The van der Waals surface area contributed by atoms with Crippen LogP contribution < -0.4 is 10.2 Å². The quantitative estimate of drug-likeness (QED) is 0.456. The summed E-state index contributed by atoms with van der Waals surface area (Å²) in [6.45, 7) is 7.43. The number of rotatable bonds is 3. The van der Waals surface area contributed by atoms with Gasteiger partial charge in [0.15, 0.2) is 0 Å². The second kappa shape index (κ2) is 8.59. The maximum absolute atomic E-state index is 14.8. The Balaban J connectivity index is 1.79. The fourth-order valence-electron chi connectivity index (χ4n) is 6.18. The molecule has 1 N–H and O–H groups in total. The van der Waals surface area contributed by atoms with Crippen LogP contribution in [0.15, 0.2) is 46.9 Å². The van der Waals surface area contributed by atoms with Crippen LogP contribution in [0.25, 0.3) is 0 Å². The van der Waals surface area contributed by atoms with Crippen molar-refractivity contribution >= 4 is 51.1 Å². The number of hydrogen-bond acceptors (Lipinski definition) is 4. The van der Waals surface area contributed by atoms with Crippen LogP contribution in [0.2, 0.25) is 5.02 Å². The molecule has 2 aromatic rings. The van der Waals surface area contributed by atoms with Crippen molar-refractivity contribution in [3.05, 3.63) is 63.1 Å². The molecule has 190 valence electrons. The van der Waals surface area contributed by atoms with Crippen molar-refractivity contribution in [3.8, 4) is 0 Å². The summed E-state index contributed by atoms with van der Waals surface area (Å²) in [5.41, 5.74) is -0.163. The smallest absolute Gasteiger partial charge is 0.421 e. The molecule has 1 saturated heterocycles. The largest absolute Gasteiger partial charge is 0.443 e. The fraction of sp³-hybridized carbons (Fsp3) is 0.464. The molecule has 1 aliphatic carbocycles. The molecule has 3 aliphatic rings. The number of hydrogen-bond donors (Lipinski definition) is 1. The van der Waals surface area contributed by atoms with Crippen LogP contribution in [-0.2, 0) is 19.7 Å². The van der Waals surface area contributed by atoms with E-state index < -0.39 is 29.1 Å². The molecule has 3 atom stereocenters. The molecule has 5 rings (SSSR count). The van der Waals surface area contributed by atoms with Crippen molar-refractivity contribution < 1.29 is 19.1 Å². The first-order valence-corrected chi connectivity index (χ1v) is 13.5. The van der Waals surface area contributed by atoms with Crippen LogP contribution in [0.1, 0.15) is 70.4 Å². The zero-order valence-electron chi connectivity index (χ0n) is 20.9. The number of halogens is 2. The van der Waals surface area contributed by atoms with E-state index in [1.54, 1.807) is 32.9 Å². The summed E-state index contributed by atoms with van der Waals surface area (Å²) >= 11 is 9.91. The second-order valence-corrected chi connectivity index (χ2v) is 12.5. The molecule has 1 saturated carbocycles. The Morgan fingerprint density at radius 3 is 2.53 bits per heavy atom. The molecular formula is C28H30BrClN2O4. The average Bonchev–Trinajstić information content (AvgIpc) is 3.55. The molecule has 3 amide bonds. The van der Waals surface area contributed by atoms with Crippen LogP contribution in [0.3, 0.4) is 0 Å². The Morgan fingerprint density at radius 2 is 1.92 bits per heavy atom. The zero-order chi connectivity index (χ0) is 26.0. The van der Waals surface area contributed by atoms with Crippen molar-refractivity contribution in [1.82, 2.24) is 5.32 Å². The third-order valence-corrected chi connectivity index (χ3v) is 8.67. The van der Waals surface area contributed by atoms with Gasteiger partial charge in [-0.2, -0.15) is 0 Å². The Bertz CT molecular complexity index is 1270. The summed E-state index contributed by atoms with van der Waals surface area (Å²) in [6, 6.07) is 12.5. The molecule has 2 heterocycles. The summed E-state index contributed by atoms with van der Waals surface area (Å²) in [5, 5.41) is 3.76. The van der Waals surface area contributed by atoms with E-state index in [0.29, 0.717) is 10.7 Å². The van der Waals surface area contributed by atoms with E-state index >= 15 is 0 Å². The van der Waals surface area contributed by atoms with E-state index in [2.05, 4.69) is 28.2 Å². The predicted octanol–water partition coefficient (Wildman–Crippen LogP) is 6.48. The molecule has 2 aromatic carbocycles. The van der Waals surface area contributed by atoms with Gasteiger partial charge in [-0.05, 0) is 80.8 Å². The number of fused-ring (bicyclic) bond motifs is 2. The van der Waals surface area contributed by atoms with E-state index in [1.165, 1.54) is 4.90 Å². The number of nitrogens with zero attached hydrogens (tertiary/aromatic N) is 1. The van der Waals surface area contributed by atoms with Gasteiger partial charge in [-0.25, -0.2) is 9.69 Å². The molecular weight excluding hydrogens is 544 g/mol. The van der Waals surface area contributed by atoms with E-state index in [1.807, 2.05) is 30.3 Å². The summed E-state index contributed by atoms with van der Waals surface area (Å²) in [4.78, 5) is 42.7. The number of carbonyl (C=O) groups is 3.